The van der Waals surface area contributed by atoms with Crippen molar-refractivity contribution in [2.24, 2.45) is 0 Å². The van der Waals surface area contributed by atoms with Crippen molar-refractivity contribution in [1.29, 1.82) is 0 Å². The molecule has 1 N–H and O–H groups in total. The van der Waals surface area contributed by atoms with Gasteiger partial charge in [-0.25, -0.2) is 4.79 Å². The van der Waals surface area contributed by atoms with Gasteiger partial charge in [0.25, 0.3) is 5.91 Å². The quantitative estimate of drug-likeness (QED) is 0.832. The Morgan fingerprint density at radius 3 is 2.48 bits per heavy atom. The zero-order valence-corrected chi connectivity index (χ0v) is 12.8. The number of halogens is 4. The number of methoxy groups -OCH3 is 1. The molecule has 116 valence electrons. The van der Waals surface area contributed by atoms with E-state index in [1.54, 1.807) is 19.1 Å². The molecule has 0 aliphatic carbocycles. The van der Waals surface area contributed by atoms with Crippen LogP contribution in [0.15, 0.2) is 22.7 Å². The van der Waals surface area contributed by atoms with E-state index in [9.17, 15) is 22.8 Å². The normalized spacial score (nSPS) is 12.7. The van der Waals surface area contributed by atoms with Gasteiger partial charge in [0.1, 0.15) is 6.04 Å². The number of hydrogen-bond acceptors (Lipinski definition) is 3. The minimum absolute atomic E-state index is 0.189. The van der Waals surface area contributed by atoms with Gasteiger partial charge < -0.3 is 10.1 Å². The molecule has 0 aliphatic rings. The van der Waals surface area contributed by atoms with Crippen molar-refractivity contribution >= 4 is 27.8 Å². The van der Waals surface area contributed by atoms with Crippen molar-refractivity contribution in [2.45, 2.75) is 25.6 Å². The number of carbonyl (C=O) groups excluding carboxylic acids is 2. The number of hydrogen-bond donors (Lipinski definition) is 1. The Morgan fingerprint density at radius 2 is 2.00 bits per heavy atom. The first-order chi connectivity index (χ1) is 9.64. The van der Waals surface area contributed by atoms with Crippen LogP contribution in [0.3, 0.4) is 0 Å². The molecule has 0 heterocycles. The molecule has 0 unspecified atom stereocenters. The van der Waals surface area contributed by atoms with Gasteiger partial charge in [-0.2, -0.15) is 13.2 Å². The van der Waals surface area contributed by atoms with Gasteiger partial charge in [0.05, 0.1) is 13.5 Å². The summed E-state index contributed by atoms with van der Waals surface area (Å²) in [5, 5.41) is 2.05. The van der Waals surface area contributed by atoms with E-state index in [2.05, 4.69) is 26.0 Å². The highest BCUT2D eigenvalue weighted by Crippen LogP contribution is 2.22. The van der Waals surface area contributed by atoms with Crippen LogP contribution in [0.1, 0.15) is 22.3 Å². The topological polar surface area (TPSA) is 55.4 Å². The van der Waals surface area contributed by atoms with Crippen LogP contribution in [0.4, 0.5) is 13.2 Å². The molecule has 1 amide bonds. The summed E-state index contributed by atoms with van der Waals surface area (Å²) in [5.41, 5.74) is 0.756. The highest BCUT2D eigenvalue weighted by molar-refractivity contribution is 9.10. The molecule has 1 aromatic rings. The third-order valence-corrected chi connectivity index (χ3v) is 3.15. The summed E-state index contributed by atoms with van der Waals surface area (Å²) < 4.78 is 42.3. The first-order valence-corrected chi connectivity index (χ1v) is 6.65. The minimum Gasteiger partial charge on any atom is -0.467 e. The Bertz CT molecular complexity index is 546. The molecule has 0 spiro atoms. The summed E-state index contributed by atoms with van der Waals surface area (Å²) in [6, 6.07) is 2.91. The number of aryl methyl sites for hydroxylation is 1. The molecule has 0 aromatic heterocycles. The Morgan fingerprint density at radius 1 is 1.38 bits per heavy atom. The predicted octanol–water partition coefficient (Wildman–Crippen LogP) is 2.98. The Kier molecular flexibility index (Phi) is 5.77. The van der Waals surface area contributed by atoms with Crippen LogP contribution >= 0.6 is 15.9 Å². The van der Waals surface area contributed by atoms with Crippen molar-refractivity contribution in [2.75, 3.05) is 7.11 Å². The second-order valence-electron chi connectivity index (χ2n) is 4.33. The van der Waals surface area contributed by atoms with Crippen LogP contribution < -0.4 is 5.32 Å². The van der Waals surface area contributed by atoms with Gasteiger partial charge in [0.2, 0.25) is 0 Å². The fourth-order valence-electron chi connectivity index (χ4n) is 1.68. The summed E-state index contributed by atoms with van der Waals surface area (Å²) >= 11 is 3.22. The summed E-state index contributed by atoms with van der Waals surface area (Å²) in [6.45, 7) is 1.64. The largest absolute Gasteiger partial charge is 0.467 e. The van der Waals surface area contributed by atoms with Crippen LogP contribution in [0.25, 0.3) is 0 Å². The molecule has 0 fully saturated rings. The zero-order chi connectivity index (χ0) is 16.2. The molecule has 21 heavy (non-hydrogen) atoms. The van der Waals surface area contributed by atoms with Crippen LogP contribution in [0.5, 0.6) is 0 Å². The summed E-state index contributed by atoms with van der Waals surface area (Å²) in [6.07, 6.45) is -6.08. The molecule has 0 saturated heterocycles. The maximum atomic E-state index is 12.4. The Hall–Kier alpha value is -1.57. The second-order valence-corrected chi connectivity index (χ2v) is 5.24. The number of rotatable bonds is 4. The van der Waals surface area contributed by atoms with E-state index < -0.39 is 30.5 Å². The lowest BCUT2D eigenvalue weighted by Crippen LogP contribution is -2.44. The third-order valence-electron chi connectivity index (χ3n) is 2.66. The van der Waals surface area contributed by atoms with Gasteiger partial charge in [0, 0.05) is 10.0 Å². The molecule has 1 aromatic carbocycles. The number of amides is 1. The van der Waals surface area contributed by atoms with Gasteiger partial charge in [-0.05, 0) is 30.7 Å². The maximum Gasteiger partial charge on any atom is 0.391 e. The molecule has 0 saturated carbocycles. The maximum absolute atomic E-state index is 12.4. The second kappa shape index (κ2) is 6.93. The molecule has 4 nitrogen and oxygen atoms in total. The van der Waals surface area contributed by atoms with E-state index in [1.807, 2.05) is 0 Å². The number of ether oxygens (including phenoxy) is 1. The third kappa shape index (κ3) is 5.37. The van der Waals surface area contributed by atoms with Crippen molar-refractivity contribution in [1.82, 2.24) is 5.32 Å². The SMILES string of the molecule is COC(=O)[C@H](CC(F)(F)F)NC(=O)c1ccc(Br)cc1C. The lowest BCUT2D eigenvalue weighted by Gasteiger charge is -2.18. The number of carbonyl (C=O) groups is 2. The fourth-order valence-corrected chi connectivity index (χ4v) is 2.16. The van der Waals surface area contributed by atoms with Gasteiger partial charge >= 0.3 is 12.1 Å². The van der Waals surface area contributed by atoms with Gasteiger partial charge in [-0.1, -0.05) is 15.9 Å². The average Bonchev–Trinajstić information content (AvgIpc) is 2.35. The zero-order valence-electron chi connectivity index (χ0n) is 11.3. The van der Waals surface area contributed by atoms with Crippen LogP contribution in [-0.2, 0) is 9.53 Å². The molecule has 0 bridgehead atoms. The highest BCUT2D eigenvalue weighted by Gasteiger charge is 2.37. The lowest BCUT2D eigenvalue weighted by molar-refractivity contribution is -0.160. The first-order valence-electron chi connectivity index (χ1n) is 5.85. The van der Waals surface area contributed by atoms with Crippen molar-refractivity contribution in [3.63, 3.8) is 0 Å². The van der Waals surface area contributed by atoms with E-state index in [0.29, 0.717) is 5.56 Å². The Labute approximate surface area is 127 Å². The predicted molar refractivity (Wildman–Crippen MR) is 72.8 cm³/mol. The monoisotopic (exact) mass is 367 g/mol. The van der Waals surface area contributed by atoms with Gasteiger partial charge in [-0.3, -0.25) is 4.79 Å². The van der Waals surface area contributed by atoms with E-state index in [-0.39, 0.29) is 5.56 Å². The number of alkyl halides is 3. The first kappa shape index (κ1) is 17.5. The number of esters is 1. The molecule has 0 aliphatic heterocycles. The van der Waals surface area contributed by atoms with E-state index in [0.717, 1.165) is 11.6 Å². The summed E-state index contributed by atoms with van der Waals surface area (Å²) in [5.74, 6) is -1.91. The Balaban J connectivity index is 2.92. The van der Waals surface area contributed by atoms with Crippen LogP contribution in [0, 0.1) is 6.92 Å². The summed E-state index contributed by atoms with van der Waals surface area (Å²) in [7, 11) is 0.961. The number of nitrogens with one attached hydrogen (secondary N) is 1. The average molecular weight is 368 g/mol. The molecule has 1 rings (SSSR count). The van der Waals surface area contributed by atoms with Crippen molar-refractivity contribution in [3.8, 4) is 0 Å². The molecular formula is C13H13BrF3NO3. The van der Waals surface area contributed by atoms with E-state index in [1.165, 1.54) is 6.07 Å². The number of benzene rings is 1. The fraction of sp³-hybridized carbons (Fsp3) is 0.385. The van der Waals surface area contributed by atoms with Gasteiger partial charge in [-0.15, -0.1) is 0 Å². The smallest absolute Gasteiger partial charge is 0.391 e. The van der Waals surface area contributed by atoms with E-state index >= 15 is 0 Å². The van der Waals surface area contributed by atoms with Crippen molar-refractivity contribution in [3.05, 3.63) is 33.8 Å². The lowest BCUT2D eigenvalue weighted by atomic mass is 10.1. The standard InChI is InChI=1S/C13H13BrF3NO3/c1-7-5-8(14)3-4-9(7)11(19)18-10(12(20)21-2)6-13(15,16)17/h3-5,10H,6H2,1-2H3,(H,18,19)/t10-/m0/s1. The minimum atomic E-state index is -4.60. The molecule has 1 atom stereocenters. The highest BCUT2D eigenvalue weighted by atomic mass is 79.9. The van der Waals surface area contributed by atoms with Gasteiger partial charge in [0.15, 0.2) is 0 Å². The van der Waals surface area contributed by atoms with E-state index in [4.69, 9.17) is 0 Å². The van der Waals surface area contributed by atoms with Crippen LogP contribution in [-0.4, -0.2) is 31.2 Å². The molecule has 0 radical (unpaired) electrons. The molecule has 8 heteroatoms. The molecular weight excluding hydrogens is 355 g/mol. The summed E-state index contributed by atoms with van der Waals surface area (Å²) in [4.78, 5) is 23.3. The van der Waals surface area contributed by atoms with Crippen LogP contribution in [0.2, 0.25) is 0 Å². The van der Waals surface area contributed by atoms with Crippen molar-refractivity contribution < 1.29 is 27.5 Å².